The zero-order valence-electron chi connectivity index (χ0n) is 18.3. The average Bonchev–Trinajstić information content (AvgIpc) is 3.43. The van der Waals surface area contributed by atoms with Crippen LogP contribution >= 0.6 is 11.3 Å². The summed E-state index contributed by atoms with van der Waals surface area (Å²) in [5.74, 6) is -0.289. The van der Waals surface area contributed by atoms with Crippen LogP contribution in [0.5, 0.6) is 0 Å². The summed E-state index contributed by atoms with van der Waals surface area (Å²) in [5.41, 5.74) is 1.46. The van der Waals surface area contributed by atoms with E-state index in [-0.39, 0.29) is 12.1 Å². The Balaban J connectivity index is 0.000000245. The fourth-order valence-electron chi connectivity index (χ4n) is 3.04. The highest BCUT2D eigenvalue weighted by atomic mass is 32.1. The molecule has 170 valence electrons. The molecule has 1 fully saturated rings. The zero-order chi connectivity index (χ0) is 22.6. The van der Waals surface area contributed by atoms with E-state index in [0.717, 1.165) is 29.8 Å². The van der Waals surface area contributed by atoms with Crippen LogP contribution in [-0.4, -0.2) is 39.4 Å². The molecule has 0 spiro atoms. The Kier molecular flexibility index (Phi) is 10.5. The number of rotatable bonds is 9. The van der Waals surface area contributed by atoms with E-state index >= 15 is 0 Å². The van der Waals surface area contributed by atoms with Crippen LogP contribution in [0.4, 0.5) is 14.9 Å². The number of thiophene rings is 1. The standard InChI is InChI=1S/C15H20FNO2.C8H10O3S/c1-2-3-4-5-14(16)12-6-8-13(9-7-12)17-10-11-19-15(17)18;1-10-5-6-3-4-7(12-6)8(9)11-2/h6-9,14H,2-5,10-11H2,1H3;3-4H,5H2,1-2H3. The van der Waals surface area contributed by atoms with Crippen molar-refractivity contribution in [2.24, 2.45) is 0 Å². The fraction of sp³-hybridized carbons (Fsp3) is 0.478. The number of ether oxygens (including phenoxy) is 3. The molecule has 8 heteroatoms. The Labute approximate surface area is 186 Å². The highest BCUT2D eigenvalue weighted by Gasteiger charge is 2.23. The first-order valence-corrected chi connectivity index (χ1v) is 11.2. The van der Waals surface area contributed by atoms with Crippen LogP contribution < -0.4 is 4.90 Å². The topological polar surface area (TPSA) is 65.1 Å². The van der Waals surface area contributed by atoms with Gasteiger partial charge in [0.2, 0.25) is 0 Å². The van der Waals surface area contributed by atoms with Crippen molar-refractivity contribution in [1.82, 2.24) is 0 Å². The maximum atomic E-state index is 13.9. The van der Waals surface area contributed by atoms with Crippen LogP contribution in [0, 0.1) is 0 Å². The molecule has 0 saturated carbocycles. The number of unbranched alkanes of at least 4 members (excludes halogenated alkanes) is 2. The molecule has 1 aliphatic rings. The molecule has 1 unspecified atom stereocenters. The van der Waals surface area contributed by atoms with Gasteiger partial charge in [0.1, 0.15) is 17.7 Å². The summed E-state index contributed by atoms with van der Waals surface area (Å²) in [7, 11) is 3.00. The van der Waals surface area contributed by atoms with Gasteiger partial charge in [-0.15, -0.1) is 11.3 Å². The lowest BCUT2D eigenvalue weighted by Crippen LogP contribution is -2.23. The number of hydrogen-bond donors (Lipinski definition) is 0. The third-order valence-corrected chi connectivity index (χ3v) is 5.76. The minimum atomic E-state index is -0.911. The number of esters is 1. The molecule has 0 bridgehead atoms. The van der Waals surface area contributed by atoms with E-state index in [1.807, 2.05) is 6.07 Å². The van der Waals surface area contributed by atoms with Gasteiger partial charge in [-0.2, -0.15) is 0 Å². The number of anilines is 1. The molecule has 1 saturated heterocycles. The highest BCUT2D eigenvalue weighted by molar-refractivity contribution is 7.13. The smallest absolute Gasteiger partial charge is 0.414 e. The largest absolute Gasteiger partial charge is 0.465 e. The van der Waals surface area contributed by atoms with Gasteiger partial charge in [0.05, 0.1) is 20.3 Å². The number of carbonyl (C=O) groups is 2. The molecular formula is C23H30FNO5S. The molecule has 1 aromatic heterocycles. The van der Waals surface area contributed by atoms with Gasteiger partial charge in [0.15, 0.2) is 0 Å². The van der Waals surface area contributed by atoms with Crippen LogP contribution in [0.25, 0.3) is 0 Å². The van der Waals surface area contributed by atoms with Crippen molar-refractivity contribution in [2.75, 3.05) is 32.3 Å². The quantitative estimate of drug-likeness (QED) is 0.350. The number of cyclic esters (lactones) is 1. The second-order valence-electron chi connectivity index (χ2n) is 7.01. The lowest BCUT2D eigenvalue weighted by Gasteiger charge is -2.14. The van der Waals surface area contributed by atoms with Gasteiger partial charge in [0.25, 0.3) is 0 Å². The van der Waals surface area contributed by atoms with Crippen LogP contribution in [0.2, 0.25) is 0 Å². The maximum Gasteiger partial charge on any atom is 0.414 e. The zero-order valence-corrected chi connectivity index (χ0v) is 19.1. The summed E-state index contributed by atoms with van der Waals surface area (Å²) in [5, 5.41) is 0. The minimum absolute atomic E-state index is 0.289. The molecule has 1 amide bonds. The van der Waals surface area contributed by atoms with Gasteiger partial charge in [-0.05, 0) is 36.2 Å². The van der Waals surface area contributed by atoms with Gasteiger partial charge >= 0.3 is 12.1 Å². The second-order valence-corrected chi connectivity index (χ2v) is 8.18. The van der Waals surface area contributed by atoms with E-state index < -0.39 is 6.17 Å². The molecule has 2 heterocycles. The molecule has 31 heavy (non-hydrogen) atoms. The molecule has 1 aliphatic heterocycles. The Morgan fingerprint density at radius 3 is 2.52 bits per heavy atom. The van der Waals surface area contributed by atoms with Gasteiger partial charge < -0.3 is 14.2 Å². The third kappa shape index (κ3) is 7.63. The van der Waals surface area contributed by atoms with E-state index in [0.29, 0.717) is 36.6 Å². The Hall–Kier alpha value is -2.45. The summed E-state index contributed by atoms with van der Waals surface area (Å²) in [6.45, 7) is 3.63. The predicted molar refractivity (Wildman–Crippen MR) is 119 cm³/mol. The molecular weight excluding hydrogens is 421 g/mol. The number of hydrogen-bond acceptors (Lipinski definition) is 6. The minimum Gasteiger partial charge on any atom is -0.465 e. The van der Waals surface area contributed by atoms with Crippen molar-refractivity contribution < 1.29 is 28.2 Å². The molecule has 3 rings (SSSR count). The fourth-order valence-corrected chi connectivity index (χ4v) is 3.94. The normalized spacial score (nSPS) is 13.9. The molecule has 0 radical (unpaired) electrons. The Morgan fingerprint density at radius 2 is 1.94 bits per heavy atom. The first-order valence-electron chi connectivity index (χ1n) is 10.3. The highest BCUT2D eigenvalue weighted by Crippen LogP contribution is 2.27. The SMILES string of the molecule is CCCCCC(F)c1ccc(N2CCOC2=O)cc1.COCc1ccc(C(=O)OC)s1. The van der Waals surface area contributed by atoms with Crippen LogP contribution in [0.1, 0.15) is 58.9 Å². The number of methoxy groups -OCH3 is 2. The van der Waals surface area contributed by atoms with Crippen LogP contribution in [0.15, 0.2) is 36.4 Å². The Morgan fingerprint density at radius 1 is 1.19 bits per heavy atom. The Bertz CT molecular complexity index is 824. The molecule has 1 atom stereocenters. The lowest BCUT2D eigenvalue weighted by molar-refractivity contribution is 0.0606. The summed E-state index contributed by atoms with van der Waals surface area (Å²) >= 11 is 1.39. The summed E-state index contributed by atoms with van der Waals surface area (Å²) in [6, 6.07) is 10.7. The molecule has 0 aliphatic carbocycles. The van der Waals surface area contributed by atoms with Crippen molar-refractivity contribution in [2.45, 2.75) is 45.4 Å². The second kappa shape index (κ2) is 13.1. The molecule has 1 aromatic carbocycles. The summed E-state index contributed by atoms with van der Waals surface area (Å²) < 4.78 is 28.3. The van der Waals surface area contributed by atoms with Crippen LogP contribution in [0.3, 0.4) is 0 Å². The lowest BCUT2D eigenvalue weighted by atomic mass is 10.0. The number of nitrogens with zero attached hydrogens (tertiary/aromatic N) is 1. The number of alkyl halides is 1. The van der Waals surface area contributed by atoms with E-state index in [4.69, 9.17) is 9.47 Å². The predicted octanol–water partition coefficient (Wildman–Crippen LogP) is 5.92. The van der Waals surface area contributed by atoms with E-state index in [1.165, 1.54) is 18.4 Å². The number of benzene rings is 1. The number of amides is 1. The first kappa shape index (κ1) is 24.8. The third-order valence-electron chi connectivity index (χ3n) is 4.72. The van der Waals surface area contributed by atoms with Gasteiger partial charge in [-0.25, -0.2) is 14.0 Å². The van der Waals surface area contributed by atoms with Crippen LogP contribution in [-0.2, 0) is 20.8 Å². The number of halogens is 1. The van der Waals surface area contributed by atoms with Gasteiger partial charge in [0, 0.05) is 17.7 Å². The molecule has 0 N–H and O–H groups in total. The van der Waals surface area contributed by atoms with E-state index in [1.54, 1.807) is 42.3 Å². The summed E-state index contributed by atoms with van der Waals surface area (Å²) in [6.07, 6.45) is 2.41. The molecule has 2 aromatic rings. The molecule has 6 nitrogen and oxygen atoms in total. The van der Waals surface area contributed by atoms with Crippen molar-refractivity contribution >= 4 is 29.1 Å². The maximum absolute atomic E-state index is 13.9. The van der Waals surface area contributed by atoms with E-state index in [9.17, 15) is 14.0 Å². The summed E-state index contributed by atoms with van der Waals surface area (Å²) in [4.78, 5) is 25.6. The van der Waals surface area contributed by atoms with Gasteiger partial charge in [-0.1, -0.05) is 38.3 Å². The van der Waals surface area contributed by atoms with Crippen molar-refractivity contribution in [3.05, 3.63) is 51.7 Å². The monoisotopic (exact) mass is 451 g/mol. The van der Waals surface area contributed by atoms with Crippen molar-refractivity contribution in [1.29, 1.82) is 0 Å². The first-order chi connectivity index (χ1) is 15.0. The van der Waals surface area contributed by atoms with Crippen molar-refractivity contribution in [3.63, 3.8) is 0 Å². The van der Waals surface area contributed by atoms with E-state index in [2.05, 4.69) is 11.7 Å². The van der Waals surface area contributed by atoms with Crippen molar-refractivity contribution in [3.8, 4) is 0 Å². The number of carbonyl (C=O) groups excluding carboxylic acids is 2. The van der Waals surface area contributed by atoms with Gasteiger partial charge in [-0.3, -0.25) is 4.90 Å². The average molecular weight is 452 g/mol.